The Kier molecular flexibility index (Phi) is 6.70. The Labute approximate surface area is 338 Å². The van der Waals surface area contributed by atoms with Gasteiger partial charge in [0.15, 0.2) is 17.5 Å². The zero-order chi connectivity index (χ0) is 37.9. The van der Waals surface area contributed by atoms with E-state index < -0.39 is 0 Å². The number of para-hydroxylation sites is 2. The van der Waals surface area contributed by atoms with Crippen molar-refractivity contribution in [1.29, 1.82) is 0 Å². The standard InChI is InChI=1S/C51H28N4OS2/c1-3-13-29(14-4-1)49-52-50(30-15-5-2-6-16-30)54-51(53-49)38-28-31(27-37-45-43(58-47(37)38)26-24-35-33-18-9-12-22-42(33)57-48(35)45)55-39-20-10-7-19-36(39)44-40(55)25-23-34-32-17-8-11-21-41(32)56-46(34)44/h1-28H. The van der Waals surface area contributed by atoms with Crippen LogP contribution in [0.15, 0.2) is 174 Å². The fraction of sp³-hybridized carbons (Fsp3) is 0. The first-order chi connectivity index (χ1) is 28.7. The summed E-state index contributed by atoms with van der Waals surface area (Å²) < 4.78 is 14.0. The van der Waals surface area contributed by atoms with E-state index in [1.807, 2.05) is 65.1 Å². The molecule has 0 fully saturated rings. The molecule has 270 valence electrons. The maximum atomic E-state index is 6.68. The molecule has 0 spiro atoms. The SMILES string of the molecule is c1ccc(-c2nc(-c3ccccc3)nc(-c3cc(-n4c5ccccc5c5c6oc7ccccc7c6ccc54)cc4c3sc3ccc5c6ccccc6sc5c34)n2)cc1. The Bertz CT molecular complexity index is 3740. The normalized spacial score (nSPS) is 12.1. The largest absolute Gasteiger partial charge is 0.455 e. The molecule has 0 amide bonds. The van der Waals surface area contributed by atoms with E-state index in [0.29, 0.717) is 17.5 Å². The second-order valence-electron chi connectivity index (χ2n) is 14.7. The lowest BCUT2D eigenvalue weighted by molar-refractivity contribution is 0.673. The summed E-state index contributed by atoms with van der Waals surface area (Å²) in [4.78, 5) is 15.6. The number of fused-ring (bicyclic) bond motifs is 14. The average Bonchev–Trinajstić information content (AvgIpc) is 4.05. The fourth-order valence-corrected chi connectivity index (χ4v) is 11.4. The number of hydrogen-bond acceptors (Lipinski definition) is 6. The van der Waals surface area contributed by atoms with E-state index in [1.54, 1.807) is 0 Å². The Balaban J connectivity index is 1.18. The van der Waals surface area contributed by atoms with Crippen LogP contribution >= 0.6 is 22.7 Å². The molecule has 0 N–H and O–H groups in total. The van der Waals surface area contributed by atoms with Gasteiger partial charge in [-0.25, -0.2) is 15.0 Å². The molecule has 0 aliphatic heterocycles. The zero-order valence-electron chi connectivity index (χ0n) is 30.7. The highest BCUT2D eigenvalue weighted by Gasteiger charge is 2.24. The molecular formula is C51H28N4OS2. The molecular weight excluding hydrogens is 749 g/mol. The molecule has 7 heteroatoms. The van der Waals surface area contributed by atoms with Crippen molar-refractivity contribution in [3.8, 4) is 39.9 Å². The van der Waals surface area contributed by atoms with Crippen LogP contribution in [0.25, 0.3) is 124 Å². The van der Waals surface area contributed by atoms with Gasteiger partial charge >= 0.3 is 0 Å². The van der Waals surface area contributed by atoms with E-state index in [9.17, 15) is 0 Å². The van der Waals surface area contributed by atoms with Gasteiger partial charge in [0.1, 0.15) is 11.2 Å². The van der Waals surface area contributed by atoms with E-state index in [4.69, 9.17) is 19.4 Å². The summed E-state index contributed by atoms with van der Waals surface area (Å²) in [7, 11) is 0. The van der Waals surface area contributed by atoms with Crippen LogP contribution in [-0.2, 0) is 0 Å². The molecule has 0 bridgehead atoms. The molecule has 0 aliphatic carbocycles. The van der Waals surface area contributed by atoms with E-state index in [1.165, 1.54) is 35.6 Å². The van der Waals surface area contributed by atoms with Crippen LogP contribution in [0.1, 0.15) is 0 Å². The van der Waals surface area contributed by atoms with E-state index in [0.717, 1.165) is 70.8 Å². The first-order valence-corrected chi connectivity index (χ1v) is 20.9. The topological polar surface area (TPSA) is 56.7 Å². The highest BCUT2D eigenvalue weighted by atomic mass is 32.1. The Hall–Kier alpha value is -7.19. The number of benzene rings is 8. The maximum Gasteiger partial charge on any atom is 0.165 e. The summed E-state index contributed by atoms with van der Waals surface area (Å²) >= 11 is 3.68. The lowest BCUT2D eigenvalue weighted by Crippen LogP contribution is -2.01. The number of furan rings is 1. The highest BCUT2D eigenvalue weighted by Crippen LogP contribution is 2.48. The first-order valence-electron chi connectivity index (χ1n) is 19.3. The van der Waals surface area contributed by atoms with Crippen LogP contribution in [0.4, 0.5) is 0 Å². The van der Waals surface area contributed by atoms with Gasteiger partial charge in [-0.1, -0.05) is 121 Å². The van der Waals surface area contributed by atoms with E-state index in [-0.39, 0.29) is 0 Å². The van der Waals surface area contributed by atoms with Crippen molar-refractivity contribution in [1.82, 2.24) is 19.5 Å². The van der Waals surface area contributed by atoms with E-state index in [2.05, 4.69) is 132 Å². The molecule has 0 radical (unpaired) electrons. The van der Waals surface area contributed by atoms with Gasteiger partial charge in [-0.05, 0) is 48.5 Å². The summed E-state index contributed by atoms with van der Waals surface area (Å²) in [5, 5.41) is 9.50. The van der Waals surface area contributed by atoms with Crippen LogP contribution < -0.4 is 0 Å². The number of rotatable bonds is 4. The molecule has 0 aliphatic rings. The Morgan fingerprint density at radius 1 is 0.414 bits per heavy atom. The van der Waals surface area contributed by atoms with Gasteiger partial charge in [-0.2, -0.15) is 0 Å². The van der Waals surface area contributed by atoms with Crippen LogP contribution in [0.2, 0.25) is 0 Å². The minimum Gasteiger partial charge on any atom is -0.455 e. The van der Waals surface area contributed by atoms with Gasteiger partial charge in [0.2, 0.25) is 0 Å². The lowest BCUT2D eigenvalue weighted by Gasteiger charge is -2.13. The summed E-state index contributed by atoms with van der Waals surface area (Å²) in [5.41, 5.74) is 7.86. The van der Waals surface area contributed by atoms with Gasteiger partial charge in [0.05, 0.1) is 16.4 Å². The second kappa shape index (κ2) is 12.2. The van der Waals surface area contributed by atoms with Gasteiger partial charge in [-0.15, -0.1) is 22.7 Å². The monoisotopic (exact) mass is 776 g/mol. The predicted octanol–water partition coefficient (Wildman–Crippen LogP) is 14.6. The third kappa shape index (κ3) is 4.60. The maximum absolute atomic E-state index is 6.68. The quantitative estimate of drug-likeness (QED) is 0.179. The van der Waals surface area contributed by atoms with Crippen molar-refractivity contribution in [2.75, 3.05) is 0 Å². The van der Waals surface area contributed by atoms with Crippen molar-refractivity contribution in [2.45, 2.75) is 0 Å². The summed E-state index contributed by atoms with van der Waals surface area (Å²) in [6.07, 6.45) is 0. The van der Waals surface area contributed by atoms with Gasteiger partial charge in [0, 0.05) is 78.9 Å². The Morgan fingerprint density at radius 2 is 1.05 bits per heavy atom. The fourth-order valence-electron chi connectivity index (χ4n) is 8.87. The van der Waals surface area contributed by atoms with Gasteiger partial charge < -0.3 is 8.98 Å². The third-order valence-corrected chi connectivity index (χ3v) is 13.9. The molecule has 0 unspecified atom stereocenters. The van der Waals surface area contributed by atoms with Crippen LogP contribution in [0.5, 0.6) is 0 Å². The summed E-state index contributed by atoms with van der Waals surface area (Å²) in [5.74, 6) is 1.92. The molecule has 8 aromatic carbocycles. The molecule has 0 atom stereocenters. The number of thiophene rings is 2. The molecule has 5 aromatic heterocycles. The van der Waals surface area contributed by atoms with E-state index >= 15 is 0 Å². The van der Waals surface area contributed by atoms with Crippen molar-refractivity contribution in [3.63, 3.8) is 0 Å². The molecule has 5 nitrogen and oxygen atoms in total. The van der Waals surface area contributed by atoms with Crippen LogP contribution in [0.3, 0.4) is 0 Å². The third-order valence-electron chi connectivity index (χ3n) is 11.4. The first kappa shape index (κ1) is 32.0. The molecule has 0 saturated heterocycles. The van der Waals surface area contributed by atoms with Gasteiger partial charge in [0.25, 0.3) is 0 Å². The molecule has 13 aromatic rings. The van der Waals surface area contributed by atoms with Crippen LogP contribution in [-0.4, -0.2) is 19.5 Å². The van der Waals surface area contributed by atoms with Crippen molar-refractivity contribution in [2.24, 2.45) is 0 Å². The van der Waals surface area contributed by atoms with Crippen LogP contribution in [0, 0.1) is 0 Å². The zero-order valence-corrected chi connectivity index (χ0v) is 32.3. The molecule has 0 saturated carbocycles. The smallest absolute Gasteiger partial charge is 0.165 e. The van der Waals surface area contributed by atoms with Crippen molar-refractivity contribution >= 4 is 107 Å². The number of nitrogens with zero attached hydrogens (tertiary/aromatic N) is 4. The summed E-state index contributed by atoms with van der Waals surface area (Å²) in [6.45, 7) is 0. The van der Waals surface area contributed by atoms with Gasteiger partial charge in [-0.3, -0.25) is 0 Å². The molecule has 5 heterocycles. The van der Waals surface area contributed by atoms with Crippen molar-refractivity contribution < 1.29 is 4.42 Å². The average molecular weight is 777 g/mol. The van der Waals surface area contributed by atoms with Crippen molar-refractivity contribution in [3.05, 3.63) is 170 Å². The minimum absolute atomic E-state index is 0.638. The molecule has 13 rings (SSSR count). The predicted molar refractivity (Wildman–Crippen MR) is 244 cm³/mol. The highest BCUT2D eigenvalue weighted by molar-refractivity contribution is 7.30. The summed E-state index contributed by atoms with van der Waals surface area (Å²) in [6, 6.07) is 59.9. The lowest BCUT2D eigenvalue weighted by atomic mass is 10.0. The Morgan fingerprint density at radius 3 is 1.84 bits per heavy atom. The second-order valence-corrected chi connectivity index (χ2v) is 16.8. The minimum atomic E-state index is 0.638. The number of aromatic nitrogens is 4. The number of hydrogen-bond donors (Lipinski definition) is 0. The molecule has 58 heavy (non-hydrogen) atoms.